The van der Waals surface area contributed by atoms with Crippen LogP contribution in [0.3, 0.4) is 0 Å². The molecule has 0 saturated heterocycles. The summed E-state index contributed by atoms with van der Waals surface area (Å²) in [5.74, 6) is -1.30. The third-order valence-electron chi connectivity index (χ3n) is 3.69. The second kappa shape index (κ2) is 8.49. The van der Waals surface area contributed by atoms with Crippen LogP contribution in [0.25, 0.3) is 0 Å². The molecule has 2 aromatic carbocycles. The first-order valence-electron chi connectivity index (χ1n) is 8.02. The third-order valence-corrected chi connectivity index (χ3v) is 3.69. The van der Waals surface area contributed by atoms with Crippen LogP contribution in [0.2, 0.25) is 0 Å². The maximum atomic E-state index is 12.2. The Morgan fingerprint density at radius 2 is 1.81 bits per heavy atom. The monoisotopic (exact) mass is 349 g/mol. The zero-order valence-electron chi connectivity index (χ0n) is 14.5. The number of hydrogen-bond donors (Lipinski definition) is 3. The van der Waals surface area contributed by atoms with E-state index < -0.39 is 11.9 Å². The lowest BCUT2D eigenvalue weighted by molar-refractivity contribution is -0.112. The fraction of sp³-hybridized carbons (Fsp3) is 0.150. The lowest BCUT2D eigenvalue weighted by Crippen LogP contribution is -2.15. The van der Waals surface area contributed by atoms with E-state index in [9.17, 15) is 14.9 Å². The van der Waals surface area contributed by atoms with E-state index in [1.54, 1.807) is 6.07 Å². The van der Waals surface area contributed by atoms with E-state index >= 15 is 0 Å². The Kier molecular flexibility index (Phi) is 6.12. The number of anilines is 2. The quantitative estimate of drug-likeness (QED) is 0.541. The SMILES string of the molecule is CC(C)c1ccc(N/C=C(/C#N)C(=O)Nc2cccc(C(=O)O)c2)cc1. The molecule has 0 radical (unpaired) electrons. The second-order valence-electron chi connectivity index (χ2n) is 5.93. The number of carboxylic acid groups (broad SMARTS) is 1. The van der Waals surface area contributed by atoms with Gasteiger partial charge in [-0.1, -0.05) is 32.0 Å². The van der Waals surface area contributed by atoms with Crippen LogP contribution in [0, 0.1) is 11.3 Å². The zero-order valence-corrected chi connectivity index (χ0v) is 14.5. The van der Waals surface area contributed by atoms with E-state index in [2.05, 4.69) is 24.5 Å². The number of carbonyl (C=O) groups is 2. The number of amides is 1. The third kappa shape index (κ3) is 4.95. The summed E-state index contributed by atoms with van der Waals surface area (Å²) in [6.07, 6.45) is 1.32. The zero-order chi connectivity index (χ0) is 19.1. The fourth-order valence-electron chi connectivity index (χ4n) is 2.20. The van der Waals surface area contributed by atoms with Crippen molar-refractivity contribution in [1.29, 1.82) is 5.26 Å². The first-order valence-corrected chi connectivity index (χ1v) is 8.02. The minimum atomic E-state index is -1.09. The van der Waals surface area contributed by atoms with Crippen molar-refractivity contribution >= 4 is 23.3 Å². The van der Waals surface area contributed by atoms with Crippen molar-refractivity contribution in [2.24, 2.45) is 0 Å². The van der Waals surface area contributed by atoms with Gasteiger partial charge in [-0.25, -0.2) is 4.79 Å². The first kappa shape index (κ1) is 18.7. The molecule has 6 heteroatoms. The topological polar surface area (TPSA) is 102 Å². The van der Waals surface area contributed by atoms with Gasteiger partial charge in [0.25, 0.3) is 5.91 Å². The molecular weight excluding hydrogens is 330 g/mol. The van der Waals surface area contributed by atoms with Crippen LogP contribution in [-0.2, 0) is 4.79 Å². The number of carboxylic acids is 1. The van der Waals surface area contributed by atoms with Gasteiger partial charge in [0.15, 0.2) is 0 Å². The highest BCUT2D eigenvalue weighted by Gasteiger charge is 2.11. The van der Waals surface area contributed by atoms with Gasteiger partial charge in [-0.2, -0.15) is 5.26 Å². The van der Waals surface area contributed by atoms with Crippen LogP contribution in [0.5, 0.6) is 0 Å². The van der Waals surface area contributed by atoms with Gasteiger partial charge in [0.05, 0.1) is 5.56 Å². The van der Waals surface area contributed by atoms with E-state index in [1.807, 2.05) is 30.3 Å². The Balaban J connectivity index is 2.08. The van der Waals surface area contributed by atoms with Gasteiger partial charge in [-0.15, -0.1) is 0 Å². The van der Waals surface area contributed by atoms with E-state index in [4.69, 9.17) is 5.11 Å². The average molecular weight is 349 g/mol. The van der Waals surface area contributed by atoms with Crippen LogP contribution >= 0.6 is 0 Å². The van der Waals surface area contributed by atoms with E-state index in [0.29, 0.717) is 11.6 Å². The molecule has 0 unspecified atom stereocenters. The molecule has 2 aromatic rings. The van der Waals surface area contributed by atoms with Gasteiger partial charge in [-0.3, -0.25) is 4.79 Å². The average Bonchev–Trinajstić information content (AvgIpc) is 2.62. The summed E-state index contributed by atoms with van der Waals surface area (Å²) in [5, 5.41) is 23.6. The van der Waals surface area contributed by atoms with E-state index in [1.165, 1.54) is 30.0 Å². The van der Waals surface area contributed by atoms with Crippen molar-refractivity contribution in [3.8, 4) is 6.07 Å². The molecule has 6 nitrogen and oxygen atoms in total. The molecule has 0 fully saturated rings. The maximum absolute atomic E-state index is 12.2. The molecule has 3 N–H and O–H groups in total. The number of aromatic carboxylic acids is 1. The number of benzene rings is 2. The molecule has 0 aliphatic carbocycles. The molecule has 0 saturated carbocycles. The van der Waals surface area contributed by atoms with Gasteiger partial charge in [0, 0.05) is 17.6 Å². The predicted molar refractivity (Wildman–Crippen MR) is 99.9 cm³/mol. The van der Waals surface area contributed by atoms with Crippen molar-refractivity contribution in [2.75, 3.05) is 10.6 Å². The van der Waals surface area contributed by atoms with E-state index in [0.717, 1.165) is 5.69 Å². The van der Waals surface area contributed by atoms with E-state index in [-0.39, 0.29) is 11.1 Å². The summed E-state index contributed by atoms with van der Waals surface area (Å²) in [6.45, 7) is 4.19. The van der Waals surface area contributed by atoms with Crippen molar-refractivity contribution in [2.45, 2.75) is 19.8 Å². The molecule has 0 atom stereocenters. The number of carbonyl (C=O) groups excluding carboxylic acids is 1. The van der Waals surface area contributed by atoms with Crippen LogP contribution in [0.15, 0.2) is 60.3 Å². The smallest absolute Gasteiger partial charge is 0.335 e. The fourth-order valence-corrected chi connectivity index (χ4v) is 2.20. The normalized spacial score (nSPS) is 10.9. The highest BCUT2D eigenvalue weighted by atomic mass is 16.4. The number of hydrogen-bond acceptors (Lipinski definition) is 4. The van der Waals surface area contributed by atoms with Crippen LogP contribution in [0.4, 0.5) is 11.4 Å². The summed E-state index contributed by atoms with van der Waals surface area (Å²) >= 11 is 0. The summed E-state index contributed by atoms with van der Waals surface area (Å²) in [6, 6.07) is 15.3. The highest BCUT2D eigenvalue weighted by molar-refractivity contribution is 6.07. The Morgan fingerprint density at radius 1 is 1.12 bits per heavy atom. The highest BCUT2D eigenvalue weighted by Crippen LogP contribution is 2.17. The van der Waals surface area contributed by atoms with Gasteiger partial charge in [0.2, 0.25) is 0 Å². The summed E-state index contributed by atoms with van der Waals surface area (Å²) < 4.78 is 0. The van der Waals surface area contributed by atoms with Crippen molar-refractivity contribution in [1.82, 2.24) is 0 Å². The van der Waals surface area contributed by atoms with Crippen LogP contribution in [-0.4, -0.2) is 17.0 Å². The molecule has 132 valence electrons. The molecule has 0 aliphatic heterocycles. The molecule has 26 heavy (non-hydrogen) atoms. The standard InChI is InChI=1S/C20H19N3O3/c1-13(2)14-6-8-17(9-7-14)22-12-16(11-21)19(24)23-18-5-3-4-15(10-18)20(25)26/h3-10,12-13,22H,1-2H3,(H,23,24)(H,25,26)/b16-12-. The van der Waals surface area contributed by atoms with Crippen molar-refractivity contribution in [3.05, 3.63) is 71.4 Å². The van der Waals surface area contributed by atoms with Gasteiger partial charge in [-0.05, 0) is 41.8 Å². The van der Waals surface area contributed by atoms with Gasteiger partial charge in [0.1, 0.15) is 11.6 Å². The Labute approximate surface area is 151 Å². The minimum absolute atomic E-state index is 0.0497. The van der Waals surface area contributed by atoms with Crippen molar-refractivity contribution < 1.29 is 14.7 Å². The molecule has 0 bridgehead atoms. The lowest BCUT2D eigenvalue weighted by atomic mass is 10.0. The lowest BCUT2D eigenvalue weighted by Gasteiger charge is -2.08. The molecule has 0 spiro atoms. The Morgan fingerprint density at radius 3 is 2.38 bits per heavy atom. The first-order chi connectivity index (χ1) is 12.4. The largest absolute Gasteiger partial charge is 0.478 e. The summed E-state index contributed by atoms with van der Waals surface area (Å²) in [7, 11) is 0. The molecule has 1 amide bonds. The molecular formula is C20H19N3O3. The van der Waals surface area contributed by atoms with Gasteiger partial charge < -0.3 is 15.7 Å². The minimum Gasteiger partial charge on any atom is -0.478 e. The molecule has 2 rings (SSSR count). The molecule has 0 heterocycles. The number of nitrogens with zero attached hydrogens (tertiary/aromatic N) is 1. The maximum Gasteiger partial charge on any atom is 0.335 e. The summed E-state index contributed by atoms with van der Waals surface area (Å²) in [4.78, 5) is 23.2. The number of rotatable bonds is 6. The predicted octanol–water partition coefficient (Wildman–Crippen LogP) is 3.97. The summed E-state index contributed by atoms with van der Waals surface area (Å²) in [5.41, 5.74) is 2.17. The number of nitriles is 1. The number of nitrogens with one attached hydrogen (secondary N) is 2. The van der Waals surface area contributed by atoms with Crippen LogP contribution < -0.4 is 10.6 Å². The van der Waals surface area contributed by atoms with Crippen molar-refractivity contribution in [3.63, 3.8) is 0 Å². The molecule has 0 aliphatic rings. The Bertz CT molecular complexity index is 878. The Hall–Kier alpha value is -3.59. The second-order valence-corrected chi connectivity index (χ2v) is 5.93. The van der Waals surface area contributed by atoms with Gasteiger partial charge >= 0.3 is 5.97 Å². The molecule has 0 aromatic heterocycles. The van der Waals surface area contributed by atoms with Crippen LogP contribution in [0.1, 0.15) is 35.7 Å².